The predicted molar refractivity (Wildman–Crippen MR) is 101 cm³/mol. The van der Waals surface area contributed by atoms with Crippen LogP contribution in [0.1, 0.15) is 0 Å². The Kier molecular flexibility index (Phi) is 5.41. The van der Waals surface area contributed by atoms with Crippen LogP contribution in [0.2, 0.25) is 5.02 Å². The lowest BCUT2D eigenvalue weighted by molar-refractivity contribution is 0.208. The van der Waals surface area contributed by atoms with Gasteiger partial charge in [-0.3, -0.25) is 0 Å². The Morgan fingerprint density at radius 3 is 2.62 bits per heavy atom. The molecule has 0 unspecified atom stereocenters. The minimum Gasteiger partial charge on any atom is -0.367 e. The normalized spacial score (nSPS) is 14.3. The van der Waals surface area contributed by atoms with Crippen LogP contribution in [-0.4, -0.2) is 61.4 Å². The first-order chi connectivity index (χ1) is 12.4. The molecule has 1 aliphatic heterocycles. The molecule has 3 rings (SSSR count). The zero-order valence-corrected chi connectivity index (χ0v) is 15.4. The molecule has 2 aromatic rings. The number of piperazine rings is 1. The third-order valence-electron chi connectivity index (χ3n) is 4.19. The van der Waals surface area contributed by atoms with Crippen LogP contribution in [-0.2, 0) is 0 Å². The molecule has 1 aromatic carbocycles. The van der Waals surface area contributed by atoms with Crippen molar-refractivity contribution in [2.45, 2.75) is 0 Å². The first-order valence-corrected chi connectivity index (χ1v) is 8.58. The van der Waals surface area contributed by atoms with Crippen molar-refractivity contribution < 1.29 is 9.18 Å². The molecule has 9 heteroatoms. The molecule has 1 N–H and O–H groups in total. The summed E-state index contributed by atoms with van der Waals surface area (Å²) in [6, 6.07) is 5.86. The van der Waals surface area contributed by atoms with Crippen LogP contribution in [0.5, 0.6) is 0 Å². The van der Waals surface area contributed by atoms with Gasteiger partial charge >= 0.3 is 6.03 Å². The van der Waals surface area contributed by atoms with E-state index in [0.29, 0.717) is 31.9 Å². The van der Waals surface area contributed by atoms with Crippen LogP contribution in [0.25, 0.3) is 0 Å². The molecule has 138 valence electrons. The van der Waals surface area contributed by atoms with Crippen molar-refractivity contribution in [3.8, 4) is 0 Å². The Balaban J connectivity index is 1.58. The maximum absolute atomic E-state index is 13.2. The van der Waals surface area contributed by atoms with Crippen molar-refractivity contribution >= 4 is 34.8 Å². The summed E-state index contributed by atoms with van der Waals surface area (Å²) in [5, 5.41) is 10.8. The Hall–Kier alpha value is -2.61. The summed E-state index contributed by atoms with van der Waals surface area (Å²) in [6.45, 7) is 2.52. The highest BCUT2D eigenvalue weighted by molar-refractivity contribution is 6.31. The van der Waals surface area contributed by atoms with Crippen LogP contribution >= 0.6 is 11.6 Å². The lowest BCUT2D eigenvalue weighted by atomic mass is 10.3. The van der Waals surface area contributed by atoms with E-state index in [1.54, 1.807) is 11.1 Å². The van der Waals surface area contributed by atoms with E-state index in [1.165, 1.54) is 18.2 Å². The van der Waals surface area contributed by atoms with Crippen LogP contribution in [0.3, 0.4) is 0 Å². The maximum Gasteiger partial charge on any atom is 0.321 e. The second-order valence-corrected chi connectivity index (χ2v) is 6.61. The van der Waals surface area contributed by atoms with Crippen LogP contribution in [0.4, 0.5) is 26.4 Å². The summed E-state index contributed by atoms with van der Waals surface area (Å²) in [7, 11) is 3.83. The van der Waals surface area contributed by atoms with E-state index in [9.17, 15) is 9.18 Å². The lowest BCUT2D eigenvalue weighted by Gasteiger charge is -2.36. The van der Waals surface area contributed by atoms with Crippen molar-refractivity contribution in [2.24, 2.45) is 0 Å². The average Bonchev–Trinajstić information content (AvgIpc) is 2.65. The zero-order valence-electron chi connectivity index (χ0n) is 14.6. The number of benzene rings is 1. The molecule has 1 fully saturated rings. The van der Waals surface area contributed by atoms with Crippen molar-refractivity contribution in [3.05, 3.63) is 41.3 Å². The number of nitrogens with one attached hydrogen (secondary N) is 1. The SMILES string of the molecule is CN(C)c1cc(N2CCN(C(=O)Nc3ccc(F)c(Cl)c3)CC2)cnn1. The minimum atomic E-state index is -0.513. The monoisotopic (exact) mass is 378 g/mol. The number of nitrogens with zero attached hydrogens (tertiary/aromatic N) is 5. The largest absolute Gasteiger partial charge is 0.367 e. The number of aromatic nitrogens is 2. The molecule has 0 aliphatic carbocycles. The molecule has 1 aliphatic rings. The molecule has 0 spiro atoms. The zero-order chi connectivity index (χ0) is 18.7. The fraction of sp³-hybridized carbons (Fsp3) is 0.353. The molecule has 1 saturated heterocycles. The Bertz CT molecular complexity index is 795. The Labute approximate surface area is 156 Å². The van der Waals surface area contributed by atoms with Gasteiger partial charge in [0.2, 0.25) is 0 Å². The highest BCUT2D eigenvalue weighted by Gasteiger charge is 2.22. The molecule has 2 amide bonds. The number of rotatable bonds is 3. The van der Waals surface area contributed by atoms with Crippen LogP contribution < -0.4 is 15.1 Å². The smallest absolute Gasteiger partial charge is 0.321 e. The Morgan fingerprint density at radius 2 is 1.96 bits per heavy atom. The van der Waals surface area contributed by atoms with Gasteiger partial charge in [-0.25, -0.2) is 9.18 Å². The maximum atomic E-state index is 13.2. The van der Waals surface area contributed by atoms with Gasteiger partial charge in [0, 0.05) is 52.0 Å². The number of halogens is 2. The highest BCUT2D eigenvalue weighted by atomic mass is 35.5. The highest BCUT2D eigenvalue weighted by Crippen LogP contribution is 2.21. The quantitative estimate of drug-likeness (QED) is 0.889. The van der Waals surface area contributed by atoms with E-state index in [0.717, 1.165) is 11.5 Å². The summed E-state index contributed by atoms with van der Waals surface area (Å²) in [5.74, 6) is 0.275. The summed E-state index contributed by atoms with van der Waals surface area (Å²) in [4.78, 5) is 18.2. The van der Waals surface area contributed by atoms with E-state index in [4.69, 9.17) is 11.6 Å². The molecular weight excluding hydrogens is 359 g/mol. The molecule has 0 radical (unpaired) electrons. The van der Waals surface area contributed by atoms with Gasteiger partial charge in [-0.15, -0.1) is 5.10 Å². The molecule has 1 aromatic heterocycles. The average molecular weight is 379 g/mol. The van der Waals surface area contributed by atoms with Gasteiger partial charge in [-0.05, 0) is 18.2 Å². The number of amides is 2. The minimum absolute atomic E-state index is 0.0190. The summed E-state index contributed by atoms with van der Waals surface area (Å²) >= 11 is 5.74. The van der Waals surface area contributed by atoms with Gasteiger partial charge < -0.3 is 20.0 Å². The van der Waals surface area contributed by atoms with E-state index in [-0.39, 0.29) is 11.1 Å². The summed E-state index contributed by atoms with van der Waals surface area (Å²) in [6.07, 6.45) is 1.73. The molecular formula is C17H20ClFN6O. The molecule has 0 saturated carbocycles. The molecule has 2 heterocycles. The van der Waals surface area contributed by atoms with Gasteiger partial charge in [0.1, 0.15) is 5.82 Å². The van der Waals surface area contributed by atoms with Crippen molar-refractivity contribution in [2.75, 3.05) is 55.4 Å². The van der Waals surface area contributed by atoms with E-state index < -0.39 is 5.82 Å². The van der Waals surface area contributed by atoms with Crippen LogP contribution in [0, 0.1) is 5.82 Å². The van der Waals surface area contributed by atoms with Gasteiger partial charge in [-0.1, -0.05) is 11.6 Å². The number of carbonyl (C=O) groups excluding carboxylic acids is 1. The van der Waals surface area contributed by atoms with Gasteiger partial charge in [0.15, 0.2) is 5.82 Å². The molecule has 7 nitrogen and oxygen atoms in total. The standard InChI is InChI=1S/C17H20ClFN6O/c1-23(2)16-10-13(11-20-22-16)24-5-7-25(8-6-24)17(26)21-12-3-4-15(19)14(18)9-12/h3-4,9-11H,5-8H2,1-2H3,(H,21,26). The number of carbonyl (C=O) groups is 1. The topological polar surface area (TPSA) is 64.6 Å². The third kappa shape index (κ3) is 4.13. The molecule has 26 heavy (non-hydrogen) atoms. The van der Waals surface area contributed by atoms with Gasteiger partial charge in [0.25, 0.3) is 0 Å². The third-order valence-corrected chi connectivity index (χ3v) is 4.48. The first kappa shape index (κ1) is 18.2. The summed E-state index contributed by atoms with van der Waals surface area (Å²) < 4.78 is 13.2. The first-order valence-electron chi connectivity index (χ1n) is 8.20. The fourth-order valence-corrected chi connectivity index (χ4v) is 2.86. The lowest BCUT2D eigenvalue weighted by Crippen LogP contribution is -2.50. The van der Waals surface area contributed by atoms with E-state index in [1.807, 2.05) is 25.1 Å². The van der Waals surface area contributed by atoms with Gasteiger partial charge in [-0.2, -0.15) is 5.10 Å². The van der Waals surface area contributed by atoms with Gasteiger partial charge in [0.05, 0.1) is 16.9 Å². The number of urea groups is 1. The van der Waals surface area contributed by atoms with E-state index >= 15 is 0 Å². The van der Waals surface area contributed by atoms with Crippen molar-refractivity contribution in [1.29, 1.82) is 0 Å². The van der Waals surface area contributed by atoms with E-state index in [2.05, 4.69) is 20.4 Å². The molecule has 0 bridgehead atoms. The number of hydrogen-bond donors (Lipinski definition) is 1. The molecule has 0 atom stereocenters. The fourth-order valence-electron chi connectivity index (χ4n) is 2.68. The second kappa shape index (κ2) is 7.74. The van der Waals surface area contributed by atoms with Crippen LogP contribution in [0.15, 0.2) is 30.5 Å². The predicted octanol–water partition coefficient (Wildman–Crippen LogP) is 2.69. The number of hydrogen-bond acceptors (Lipinski definition) is 5. The number of anilines is 3. The summed E-state index contributed by atoms with van der Waals surface area (Å²) in [5.41, 5.74) is 1.45. The van der Waals surface area contributed by atoms with Crippen molar-refractivity contribution in [3.63, 3.8) is 0 Å². The Morgan fingerprint density at radius 1 is 1.23 bits per heavy atom. The van der Waals surface area contributed by atoms with Crippen molar-refractivity contribution in [1.82, 2.24) is 15.1 Å². The second-order valence-electron chi connectivity index (χ2n) is 6.20.